The van der Waals surface area contributed by atoms with Gasteiger partial charge in [-0.1, -0.05) is 6.07 Å². The number of nitrogens with zero attached hydrogens (tertiary/aromatic N) is 2. The van der Waals surface area contributed by atoms with E-state index in [1.165, 1.54) is 18.2 Å². The number of carbonyl (C=O) groups is 2. The number of carboxylic acid groups (broad SMARTS) is 1. The van der Waals surface area contributed by atoms with E-state index < -0.39 is 33.6 Å². The average Bonchev–Trinajstić information content (AvgIpc) is 2.87. The molecule has 0 unspecified atom stereocenters. The topological polar surface area (TPSA) is 219 Å². The van der Waals surface area contributed by atoms with Gasteiger partial charge in [0.05, 0.1) is 17.0 Å². The summed E-state index contributed by atoms with van der Waals surface area (Å²) in [6.07, 6.45) is -3.53. The van der Waals surface area contributed by atoms with E-state index in [2.05, 4.69) is 20.5 Å². The lowest BCUT2D eigenvalue weighted by Crippen LogP contribution is -2.37. The number of halogens is 3. The number of aromatic nitrogens is 2. The molecule has 14 nitrogen and oxygen atoms in total. The van der Waals surface area contributed by atoms with Gasteiger partial charge in [0, 0.05) is 23.8 Å². The highest BCUT2D eigenvalue weighted by atomic mass is 32.2. The fourth-order valence-corrected chi connectivity index (χ4v) is 4.30. The van der Waals surface area contributed by atoms with Crippen LogP contribution in [0, 0.1) is 12.3 Å². The Morgan fingerprint density at radius 3 is 2.48 bits per heavy atom. The molecule has 1 amide bonds. The fraction of sp³-hybridized carbons (Fsp3) is 0.227. The van der Waals surface area contributed by atoms with Gasteiger partial charge >= 0.3 is 12.1 Å². The number of hydrogen-bond donors (Lipinski definition) is 6. The van der Waals surface area contributed by atoms with Crippen LogP contribution < -0.4 is 26.8 Å². The van der Waals surface area contributed by atoms with Crippen LogP contribution in [-0.2, 0) is 31.0 Å². The lowest BCUT2D eigenvalue weighted by molar-refractivity contribution is -0.192. The van der Waals surface area contributed by atoms with E-state index in [1.54, 1.807) is 37.4 Å². The molecule has 0 bridgehead atoms. The standard InChI is InChI=1S/C20H23N7O5S.C2HF3O2/c1-13-7-8-16(19(29)27(13)12-18(28)24-10-11-32-25-20(21)22)26-33(30,31)17-6-2-5-15-14(17)4-3-9-23-15;3-2(4,5)1(6)7/h2-9,26H,10-12H2,1H3,(H,24,28)(H4,21,22,25);(H,6,7). The number of carbonyl (C=O) groups excluding carboxylic acids is 1. The molecule has 0 aliphatic rings. The molecule has 0 fully saturated rings. The Bertz CT molecular complexity index is 1560. The highest BCUT2D eigenvalue weighted by Crippen LogP contribution is 2.23. The number of sulfonamides is 1. The summed E-state index contributed by atoms with van der Waals surface area (Å²) in [5, 5.41) is 17.0. The van der Waals surface area contributed by atoms with Gasteiger partial charge in [-0.2, -0.15) is 13.2 Å². The van der Waals surface area contributed by atoms with Crippen molar-refractivity contribution < 1.29 is 41.1 Å². The zero-order valence-corrected chi connectivity index (χ0v) is 21.5. The van der Waals surface area contributed by atoms with Crippen molar-refractivity contribution in [3.8, 4) is 0 Å². The van der Waals surface area contributed by atoms with Gasteiger partial charge in [-0.25, -0.2) is 18.7 Å². The third-order valence-electron chi connectivity index (χ3n) is 4.78. The third-order valence-corrected chi connectivity index (χ3v) is 6.21. The van der Waals surface area contributed by atoms with Crippen LogP contribution >= 0.6 is 0 Å². The minimum atomic E-state index is -5.08. The molecular weight excluding hydrogens is 563 g/mol. The van der Waals surface area contributed by atoms with Crippen molar-refractivity contribution in [2.75, 3.05) is 17.9 Å². The molecule has 0 spiro atoms. The summed E-state index contributed by atoms with van der Waals surface area (Å²) in [7, 11) is -4.10. The number of benzene rings is 1. The number of hydrogen-bond acceptors (Lipinski definition) is 8. The third kappa shape index (κ3) is 8.95. The lowest BCUT2D eigenvalue weighted by atomic mass is 10.2. The molecule has 0 atom stereocenters. The first-order valence-electron chi connectivity index (χ1n) is 11.0. The van der Waals surface area contributed by atoms with Gasteiger partial charge in [0.2, 0.25) is 11.9 Å². The molecule has 216 valence electrons. The van der Waals surface area contributed by atoms with E-state index in [9.17, 15) is 31.2 Å². The molecule has 2 heterocycles. The Labute approximate surface area is 224 Å². The predicted molar refractivity (Wildman–Crippen MR) is 136 cm³/mol. The van der Waals surface area contributed by atoms with Gasteiger partial charge < -0.3 is 20.7 Å². The van der Waals surface area contributed by atoms with Crippen molar-refractivity contribution in [1.82, 2.24) is 20.3 Å². The zero-order chi connectivity index (χ0) is 30.1. The lowest BCUT2D eigenvalue weighted by Gasteiger charge is -2.14. The van der Waals surface area contributed by atoms with Gasteiger partial charge in [0.15, 0.2) is 0 Å². The van der Waals surface area contributed by atoms with Crippen LogP contribution in [0.2, 0.25) is 0 Å². The van der Waals surface area contributed by atoms with E-state index in [4.69, 9.17) is 25.9 Å². The van der Waals surface area contributed by atoms with Crippen LogP contribution in [-0.4, -0.2) is 60.2 Å². The van der Waals surface area contributed by atoms with E-state index in [0.29, 0.717) is 16.6 Å². The molecule has 0 aliphatic heterocycles. The molecule has 0 radical (unpaired) electrons. The van der Waals surface area contributed by atoms with Crippen LogP contribution in [0.15, 0.2) is 58.4 Å². The molecule has 18 heteroatoms. The number of hydroxylamine groups is 1. The van der Waals surface area contributed by atoms with Crippen LogP contribution in [0.25, 0.3) is 10.9 Å². The summed E-state index contributed by atoms with van der Waals surface area (Å²) in [6.45, 7) is 1.45. The second-order valence-corrected chi connectivity index (χ2v) is 9.38. The minimum Gasteiger partial charge on any atom is -0.475 e. The molecule has 3 aromatic rings. The van der Waals surface area contributed by atoms with Gasteiger partial charge in [0.25, 0.3) is 15.6 Å². The quantitative estimate of drug-likeness (QED) is 0.0889. The maximum Gasteiger partial charge on any atom is 0.490 e. The second kappa shape index (κ2) is 13.4. The monoisotopic (exact) mass is 587 g/mol. The van der Waals surface area contributed by atoms with Crippen molar-refractivity contribution in [1.29, 1.82) is 5.41 Å². The van der Waals surface area contributed by atoms with Gasteiger partial charge in [-0.05, 0) is 43.3 Å². The maximum atomic E-state index is 13.0. The Kier molecular flexibility index (Phi) is 10.5. The smallest absolute Gasteiger partial charge is 0.475 e. The summed E-state index contributed by atoms with van der Waals surface area (Å²) >= 11 is 0. The largest absolute Gasteiger partial charge is 0.490 e. The molecular formula is C22H24F3N7O7S. The number of rotatable bonds is 9. The van der Waals surface area contributed by atoms with Crippen molar-refractivity contribution in [2.45, 2.75) is 24.5 Å². The van der Waals surface area contributed by atoms with Crippen molar-refractivity contribution in [2.24, 2.45) is 5.73 Å². The number of nitrogens with one attached hydrogen (secondary N) is 4. The van der Waals surface area contributed by atoms with Crippen LogP contribution in [0.3, 0.4) is 0 Å². The van der Waals surface area contributed by atoms with E-state index in [1.807, 2.05) is 0 Å². The highest BCUT2D eigenvalue weighted by molar-refractivity contribution is 7.93. The first-order chi connectivity index (χ1) is 18.6. The van der Waals surface area contributed by atoms with Crippen LogP contribution in [0.5, 0.6) is 0 Å². The molecule has 0 saturated heterocycles. The number of aliphatic carboxylic acids is 1. The molecule has 0 saturated carbocycles. The Balaban J connectivity index is 0.000000708. The number of amides is 1. The number of aryl methyl sites for hydroxylation is 1. The molecule has 0 aliphatic carbocycles. The van der Waals surface area contributed by atoms with Crippen molar-refractivity contribution in [3.63, 3.8) is 0 Å². The summed E-state index contributed by atoms with van der Waals surface area (Å²) in [5.41, 5.74) is 7.31. The van der Waals surface area contributed by atoms with Crippen molar-refractivity contribution >= 4 is 44.4 Å². The maximum absolute atomic E-state index is 13.0. The minimum absolute atomic E-state index is 0.0171. The molecule has 3 rings (SSSR count). The number of pyridine rings is 2. The number of fused-ring (bicyclic) bond motifs is 1. The highest BCUT2D eigenvalue weighted by Gasteiger charge is 2.38. The SMILES string of the molecule is Cc1ccc(NS(=O)(=O)c2cccc3ncccc23)c(=O)n1CC(=O)NCCONC(=N)N.O=C(O)C(F)(F)F. The number of carboxylic acids is 1. The summed E-state index contributed by atoms with van der Waals surface area (Å²) < 4.78 is 61.3. The van der Waals surface area contributed by atoms with E-state index in [-0.39, 0.29) is 36.2 Å². The molecule has 2 aromatic heterocycles. The first-order valence-corrected chi connectivity index (χ1v) is 12.5. The summed E-state index contributed by atoms with van der Waals surface area (Å²) in [4.78, 5) is 43.0. The molecule has 7 N–H and O–H groups in total. The normalized spacial score (nSPS) is 11.2. The molecule has 40 heavy (non-hydrogen) atoms. The molecule has 1 aromatic carbocycles. The summed E-state index contributed by atoms with van der Waals surface area (Å²) in [5.74, 6) is -3.61. The number of alkyl halides is 3. The predicted octanol–water partition coefficient (Wildman–Crippen LogP) is 0.670. The first kappa shape index (κ1) is 31.5. The second-order valence-electron chi connectivity index (χ2n) is 7.73. The van der Waals surface area contributed by atoms with Crippen molar-refractivity contribution in [3.05, 3.63) is 64.7 Å². The number of anilines is 1. The van der Waals surface area contributed by atoms with E-state index in [0.717, 1.165) is 4.57 Å². The Hall–Kier alpha value is -4.71. The Morgan fingerprint density at radius 1 is 1.18 bits per heavy atom. The average molecular weight is 588 g/mol. The Morgan fingerprint density at radius 2 is 1.85 bits per heavy atom. The van der Waals surface area contributed by atoms with E-state index >= 15 is 0 Å². The zero-order valence-electron chi connectivity index (χ0n) is 20.7. The van der Waals surface area contributed by atoms with Crippen LogP contribution in [0.1, 0.15) is 5.69 Å². The number of guanidine groups is 1. The fourth-order valence-electron chi connectivity index (χ4n) is 3.02. The van der Waals surface area contributed by atoms with Crippen LogP contribution in [0.4, 0.5) is 18.9 Å². The van der Waals surface area contributed by atoms with Gasteiger partial charge in [-0.3, -0.25) is 29.5 Å². The number of nitrogens with two attached hydrogens (primary N) is 1. The van der Waals surface area contributed by atoms with Gasteiger partial charge in [0.1, 0.15) is 12.2 Å². The summed E-state index contributed by atoms with van der Waals surface area (Å²) in [6, 6.07) is 10.8. The van der Waals surface area contributed by atoms with Gasteiger partial charge in [-0.15, -0.1) is 0 Å².